The Morgan fingerprint density at radius 3 is 2.37 bits per heavy atom. The second-order valence-corrected chi connectivity index (χ2v) is 5.61. The van der Waals surface area contributed by atoms with Crippen molar-refractivity contribution in [3.63, 3.8) is 0 Å². The topological polar surface area (TPSA) is 49.8 Å². The van der Waals surface area contributed by atoms with Crippen molar-refractivity contribution in [1.29, 1.82) is 0 Å². The standard InChI is InChI=1S/C15H26N4/c1-4-12-5-7-13(8-6-12)10-17-15-9-14(16-3)18-11(2)19-15/h9,12-13H,4-8,10H2,1-3H3,(H2,16,17,18,19). The van der Waals surface area contributed by atoms with E-state index in [4.69, 9.17) is 0 Å². The van der Waals surface area contributed by atoms with Crippen LogP contribution in [0, 0.1) is 18.8 Å². The van der Waals surface area contributed by atoms with Crippen LogP contribution in [0.25, 0.3) is 0 Å². The van der Waals surface area contributed by atoms with E-state index in [2.05, 4.69) is 27.5 Å². The Labute approximate surface area is 116 Å². The molecule has 0 spiro atoms. The maximum Gasteiger partial charge on any atom is 0.131 e. The van der Waals surface area contributed by atoms with Gasteiger partial charge in [-0.3, -0.25) is 0 Å². The van der Waals surface area contributed by atoms with Gasteiger partial charge in [0.25, 0.3) is 0 Å². The van der Waals surface area contributed by atoms with Crippen molar-refractivity contribution in [3.8, 4) is 0 Å². The zero-order valence-electron chi connectivity index (χ0n) is 12.4. The lowest BCUT2D eigenvalue weighted by Gasteiger charge is -2.28. The molecule has 1 heterocycles. The van der Waals surface area contributed by atoms with Gasteiger partial charge in [-0.25, -0.2) is 9.97 Å². The molecule has 0 radical (unpaired) electrons. The molecule has 1 aromatic rings. The van der Waals surface area contributed by atoms with E-state index in [9.17, 15) is 0 Å². The van der Waals surface area contributed by atoms with Crippen LogP contribution in [0.5, 0.6) is 0 Å². The Morgan fingerprint density at radius 1 is 1.11 bits per heavy atom. The van der Waals surface area contributed by atoms with E-state index >= 15 is 0 Å². The first-order chi connectivity index (χ1) is 9.21. The van der Waals surface area contributed by atoms with Gasteiger partial charge in [-0.2, -0.15) is 0 Å². The number of nitrogens with zero attached hydrogens (tertiary/aromatic N) is 2. The van der Waals surface area contributed by atoms with Crippen molar-refractivity contribution >= 4 is 11.6 Å². The molecule has 4 heteroatoms. The summed E-state index contributed by atoms with van der Waals surface area (Å²) >= 11 is 0. The zero-order valence-corrected chi connectivity index (χ0v) is 12.4. The first kappa shape index (κ1) is 14.1. The SMILES string of the molecule is CCC1CCC(CNc2cc(NC)nc(C)n2)CC1. The van der Waals surface area contributed by atoms with Crippen LogP contribution in [0.1, 0.15) is 44.9 Å². The predicted molar refractivity (Wildman–Crippen MR) is 80.5 cm³/mol. The summed E-state index contributed by atoms with van der Waals surface area (Å²) < 4.78 is 0. The number of aromatic nitrogens is 2. The van der Waals surface area contributed by atoms with Crippen LogP contribution < -0.4 is 10.6 Å². The number of hydrogen-bond donors (Lipinski definition) is 2. The molecule has 0 amide bonds. The monoisotopic (exact) mass is 262 g/mol. The molecule has 2 N–H and O–H groups in total. The fraction of sp³-hybridized carbons (Fsp3) is 0.733. The van der Waals surface area contributed by atoms with E-state index < -0.39 is 0 Å². The van der Waals surface area contributed by atoms with Gasteiger partial charge in [-0.05, 0) is 31.6 Å². The van der Waals surface area contributed by atoms with Crippen LogP contribution in [-0.4, -0.2) is 23.6 Å². The lowest BCUT2D eigenvalue weighted by Crippen LogP contribution is -2.21. The molecule has 106 valence electrons. The summed E-state index contributed by atoms with van der Waals surface area (Å²) in [5, 5.41) is 6.54. The highest BCUT2D eigenvalue weighted by atomic mass is 15.1. The van der Waals surface area contributed by atoms with E-state index in [1.165, 1.54) is 32.1 Å². The smallest absolute Gasteiger partial charge is 0.131 e. The second kappa shape index (κ2) is 6.73. The minimum Gasteiger partial charge on any atom is -0.373 e. The van der Waals surface area contributed by atoms with Crippen LogP contribution in [0.3, 0.4) is 0 Å². The second-order valence-electron chi connectivity index (χ2n) is 5.61. The molecule has 4 nitrogen and oxygen atoms in total. The van der Waals surface area contributed by atoms with Crippen molar-refractivity contribution in [2.45, 2.75) is 46.0 Å². The van der Waals surface area contributed by atoms with Gasteiger partial charge in [-0.1, -0.05) is 26.2 Å². The molecular weight excluding hydrogens is 236 g/mol. The van der Waals surface area contributed by atoms with Gasteiger partial charge in [0.1, 0.15) is 17.5 Å². The number of rotatable bonds is 5. The highest BCUT2D eigenvalue weighted by Crippen LogP contribution is 2.30. The molecule has 1 aliphatic carbocycles. The van der Waals surface area contributed by atoms with Crippen LogP contribution in [0.15, 0.2) is 6.07 Å². The summed E-state index contributed by atoms with van der Waals surface area (Å²) in [7, 11) is 1.89. The number of aryl methyl sites for hydroxylation is 1. The number of hydrogen-bond acceptors (Lipinski definition) is 4. The third-order valence-electron chi connectivity index (χ3n) is 4.21. The molecule has 19 heavy (non-hydrogen) atoms. The molecule has 1 fully saturated rings. The van der Waals surface area contributed by atoms with Crippen LogP contribution in [0.2, 0.25) is 0 Å². The Morgan fingerprint density at radius 2 is 1.74 bits per heavy atom. The summed E-state index contributed by atoms with van der Waals surface area (Å²) in [5.41, 5.74) is 0. The highest BCUT2D eigenvalue weighted by Gasteiger charge is 2.19. The molecule has 1 aliphatic rings. The summed E-state index contributed by atoms with van der Waals surface area (Å²) in [6.07, 6.45) is 6.85. The fourth-order valence-corrected chi connectivity index (χ4v) is 2.88. The minimum atomic E-state index is 0.802. The molecule has 1 saturated carbocycles. The summed E-state index contributed by atoms with van der Waals surface area (Å²) in [6.45, 7) is 5.28. The lowest BCUT2D eigenvalue weighted by atomic mass is 9.81. The van der Waals surface area contributed by atoms with Gasteiger partial charge >= 0.3 is 0 Å². The summed E-state index contributed by atoms with van der Waals surface area (Å²) in [4.78, 5) is 8.74. The zero-order chi connectivity index (χ0) is 13.7. The molecule has 1 aromatic heterocycles. The molecule has 0 aliphatic heterocycles. The first-order valence-electron chi connectivity index (χ1n) is 7.48. The number of nitrogens with one attached hydrogen (secondary N) is 2. The van der Waals surface area contributed by atoms with Gasteiger partial charge < -0.3 is 10.6 Å². The van der Waals surface area contributed by atoms with Crippen molar-refractivity contribution < 1.29 is 0 Å². The van der Waals surface area contributed by atoms with Gasteiger partial charge in [-0.15, -0.1) is 0 Å². The van der Waals surface area contributed by atoms with Crippen LogP contribution in [0.4, 0.5) is 11.6 Å². The minimum absolute atomic E-state index is 0.802. The maximum atomic E-state index is 4.44. The largest absolute Gasteiger partial charge is 0.373 e. The molecule has 0 unspecified atom stereocenters. The Kier molecular flexibility index (Phi) is 5.00. The average molecular weight is 262 g/mol. The molecule has 0 bridgehead atoms. The quantitative estimate of drug-likeness (QED) is 0.853. The fourth-order valence-electron chi connectivity index (χ4n) is 2.88. The normalized spacial score (nSPS) is 23.1. The predicted octanol–water partition coefficient (Wildman–Crippen LogP) is 3.46. The molecule has 0 atom stereocenters. The average Bonchev–Trinajstić information content (AvgIpc) is 2.45. The van der Waals surface area contributed by atoms with Gasteiger partial charge in [0.2, 0.25) is 0 Å². The number of anilines is 2. The van der Waals surface area contributed by atoms with Gasteiger partial charge in [0.05, 0.1) is 0 Å². The van der Waals surface area contributed by atoms with Crippen molar-refractivity contribution in [2.24, 2.45) is 11.8 Å². The van der Waals surface area contributed by atoms with E-state index in [0.29, 0.717) is 0 Å². The van der Waals surface area contributed by atoms with E-state index in [1.807, 2.05) is 20.0 Å². The Balaban J connectivity index is 1.84. The lowest BCUT2D eigenvalue weighted by molar-refractivity contribution is 0.278. The van der Waals surface area contributed by atoms with E-state index in [-0.39, 0.29) is 0 Å². The first-order valence-corrected chi connectivity index (χ1v) is 7.48. The van der Waals surface area contributed by atoms with Crippen molar-refractivity contribution in [1.82, 2.24) is 9.97 Å². The third-order valence-corrected chi connectivity index (χ3v) is 4.21. The van der Waals surface area contributed by atoms with Gasteiger partial charge in [0, 0.05) is 19.7 Å². The molecule has 0 saturated heterocycles. The summed E-state index contributed by atoms with van der Waals surface area (Å²) in [5.74, 6) is 4.40. The van der Waals surface area contributed by atoms with Crippen LogP contribution >= 0.6 is 0 Å². The Hall–Kier alpha value is -1.32. The van der Waals surface area contributed by atoms with Crippen LogP contribution in [-0.2, 0) is 0 Å². The summed E-state index contributed by atoms with van der Waals surface area (Å²) in [6, 6.07) is 1.98. The maximum absolute atomic E-state index is 4.44. The van der Waals surface area contributed by atoms with Crippen molar-refractivity contribution in [2.75, 3.05) is 24.2 Å². The Bertz CT molecular complexity index is 397. The van der Waals surface area contributed by atoms with E-state index in [1.54, 1.807) is 0 Å². The van der Waals surface area contributed by atoms with Gasteiger partial charge in [0.15, 0.2) is 0 Å². The highest BCUT2D eigenvalue weighted by molar-refractivity contribution is 5.47. The third kappa shape index (κ3) is 4.08. The van der Waals surface area contributed by atoms with E-state index in [0.717, 1.165) is 35.8 Å². The molecule has 0 aromatic carbocycles. The van der Waals surface area contributed by atoms with Crippen molar-refractivity contribution in [3.05, 3.63) is 11.9 Å². The molecule has 2 rings (SSSR count). The molecular formula is C15H26N4.